The Morgan fingerprint density at radius 1 is 0.923 bits per heavy atom. The molecule has 1 atom stereocenters. The van der Waals surface area contributed by atoms with Crippen LogP contribution in [0.15, 0.2) is 66.7 Å². The van der Waals surface area contributed by atoms with E-state index in [1.54, 1.807) is 32.9 Å². The molecule has 0 saturated carbocycles. The van der Waals surface area contributed by atoms with Crippen LogP contribution in [0.5, 0.6) is 5.75 Å². The molecule has 3 amide bonds. The Hall–Kier alpha value is -4.07. The lowest BCUT2D eigenvalue weighted by molar-refractivity contribution is -0.138. The number of fused-ring (bicyclic) bond motifs is 1. The Labute approximate surface area is 230 Å². The third-order valence-electron chi connectivity index (χ3n) is 6.14. The van der Waals surface area contributed by atoms with Gasteiger partial charge in [-0.15, -0.1) is 0 Å². The topological polar surface area (TPSA) is 108 Å². The van der Waals surface area contributed by atoms with Crippen LogP contribution in [0.25, 0.3) is 10.8 Å². The second-order valence-corrected chi connectivity index (χ2v) is 10.5. The molecule has 208 valence electrons. The Kier molecular flexibility index (Phi) is 10.3. The molecule has 0 radical (unpaired) electrons. The number of rotatable bonds is 11. The first-order chi connectivity index (χ1) is 18.6. The highest BCUT2D eigenvalue weighted by Crippen LogP contribution is 2.27. The van der Waals surface area contributed by atoms with Gasteiger partial charge in [-0.3, -0.25) is 9.59 Å². The predicted octanol–water partition coefficient (Wildman–Crippen LogP) is 6.16. The molecular formula is C31H39N3O5. The Bertz CT molecular complexity index is 1270. The summed E-state index contributed by atoms with van der Waals surface area (Å²) in [6.07, 6.45) is 2.92. The molecule has 3 rings (SSSR count). The normalized spacial score (nSPS) is 12.0. The monoisotopic (exact) mass is 533 g/mol. The van der Waals surface area contributed by atoms with Crippen LogP contribution in [0.1, 0.15) is 65.0 Å². The van der Waals surface area contributed by atoms with Gasteiger partial charge in [-0.25, -0.2) is 4.79 Å². The highest BCUT2D eigenvalue weighted by molar-refractivity contribution is 6.00. The third kappa shape index (κ3) is 9.02. The van der Waals surface area contributed by atoms with Crippen LogP contribution in [0.3, 0.4) is 0 Å². The molecule has 0 aromatic heterocycles. The number of carbonyl (C=O) groups is 3. The fourth-order valence-corrected chi connectivity index (χ4v) is 4.28. The van der Waals surface area contributed by atoms with Gasteiger partial charge in [0.2, 0.25) is 5.91 Å². The van der Waals surface area contributed by atoms with Crippen molar-refractivity contribution in [2.45, 2.75) is 65.0 Å². The van der Waals surface area contributed by atoms with Gasteiger partial charge in [0.05, 0.1) is 0 Å². The van der Waals surface area contributed by atoms with E-state index in [0.29, 0.717) is 24.2 Å². The van der Waals surface area contributed by atoms with E-state index in [9.17, 15) is 19.5 Å². The maximum Gasteiger partial charge on any atom is 0.408 e. The molecule has 0 fully saturated rings. The Balaban J connectivity index is 1.90. The minimum atomic E-state index is -0.980. The van der Waals surface area contributed by atoms with Crippen molar-refractivity contribution in [3.8, 4) is 5.75 Å². The molecule has 3 aromatic rings. The number of ether oxygens (including phenoxy) is 1. The third-order valence-corrected chi connectivity index (χ3v) is 6.14. The summed E-state index contributed by atoms with van der Waals surface area (Å²) in [6, 6.07) is 18.8. The van der Waals surface area contributed by atoms with E-state index >= 15 is 0 Å². The first-order valence-corrected chi connectivity index (χ1v) is 13.4. The van der Waals surface area contributed by atoms with Gasteiger partial charge in [0, 0.05) is 12.2 Å². The summed E-state index contributed by atoms with van der Waals surface area (Å²) in [6.45, 7) is 7.33. The average molecular weight is 534 g/mol. The quantitative estimate of drug-likeness (QED) is 0.256. The van der Waals surface area contributed by atoms with E-state index in [1.165, 1.54) is 17.0 Å². The molecule has 0 aliphatic heterocycles. The van der Waals surface area contributed by atoms with E-state index in [-0.39, 0.29) is 12.3 Å². The van der Waals surface area contributed by atoms with Gasteiger partial charge in [0.15, 0.2) is 0 Å². The molecule has 0 aliphatic carbocycles. The SMILES string of the molecule is CCCCCCN(C(=O)CNC(=O)OC(C)(C)C)C(C(=O)Nc1ccc2ccccc2c1)c1ccc(O)cc1. The maximum atomic E-state index is 13.8. The summed E-state index contributed by atoms with van der Waals surface area (Å²) in [5, 5.41) is 17.4. The number of benzene rings is 3. The maximum absolute atomic E-state index is 13.8. The summed E-state index contributed by atoms with van der Waals surface area (Å²) in [5.41, 5.74) is 0.446. The van der Waals surface area contributed by atoms with Crippen molar-refractivity contribution >= 4 is 34.4 Å². The van der Waals surface area contributed by atoms with Crippen LogP contribution in [-0.2, 0) is 14.3 Å². The molecule has 8 heteroatoms. The van der Waals surface area contributed by atoms with E-state index in [1.807, 2.05) is 42.5 Å². The van der Waals surface area contributed by atoms with Crippen LogP contribution in [0.2, 0.25) is 0 Å². The number of phenolic OH excluding ortho intramolecular Hbond substituents is 1. The average Bonchev–Trinajstić information content (AvgIpc) is 2.89. The summed E-state index contributed by atoms with van der Waals surface area (Å²) >= 11 is 0. The molecule has 0 heterocycles. The molecule has 0 saturated heterocycles. The van der Waals surface area contributed by atoms with Gasteiger partial charge in [-0.1, -0.05) is 68.7 Å². The fraction of sp³-hybridized carbons (Fsp3) is 0.387. The summed E-state index contributed by atoms with van der Waals surface area (Å²) in [5.74, 6) is -0.749. The largest absolute Gasteiger partial charge is 0.508 e. The van der Waals surface area contributed by atoms with Crippen molar-refractivity contribution in [3.63, 3.8) is 0 Å². The number of anilines is 1. The lowest BCUT2D eigenvalue weighted by Crippen LogP contribution is -2.47. The molecule has 3 aromatic carbocycles. The van der Waals surface area contributed by atoms with Crippen LogP contribution < -0.4 is 10.6 Å². The Morgan fingerprint density at radius 3 is 2.28 bits per heavy atom. The van der Waals surface area contributed by atoms with Gasteiger partial charge < -0.3 is 25.4 Å². The molecule has 1 unspecified atom stereocenters. The van der Waals surface area contributed by atoms with E-state index < -0.39 is 29.6 Å². The minimum absolute atomic E-state index is 0.0554. The molecule has 0 spiro atoms. The van der Waals surface area contributed by atoms with Crippen molar-refractivity contribution in [2.75, 3.05) is 18.4 Å². The van der Waals surface area contributed by atoms with Crippen molar-refractivity contribution < 1.29 is 24.2 Å². The van der Waals surface area contributed by atoms with Crippen LogP contribution >= 0.6 is 0 Å². The fourth-order valence-electron chi connectivity index (χ4n) is 4.28. The first-order valence-electron chi connectivity index (χ1n) is 13.4. The molecule has 8 nitrogen and oxygen atoms in total. The summed E-state index contributed by atoms with van der Waals surface area (Å²) in [7, 11) is 0. The number of alkyl carbamates (subject to hydrolysis) is 1. The van der Waals surface area contributed by atoms with Crippen molar-refractivity contribution in [1.82, 2.24) is 10.2 Å². The molecule has 3 N–H and O–H groups in total. The molecular weight excluding hydrogens is 494 g/mol. The van der Waals surface area contributed by atoms with Crippen LogP contribution in [0.4, 0.5) is 10.5 Å². The van der Waals surface area contributed by atoms with E-state index in [2.05, 4.69) is 17.6 Å². The number of unbranched alkanes of at least 4 members (excludes halogenated alkanes) is 3. The van der Waals surface area contributed by atoms with Crippen molar-refractivity contribution in [1.29, 1.82) is 0 Å². The highest BCUT2D eigenvalue weighted by atomic mass is 16.6. The lowest BCUT2D eigenvalue weighted by Gasteiger charge is -2.32. The zero-order valence-electron chi connectivity index (χ0n) is 23.2. The predicted molar refractivity (Wildman–Crippen MR) is 154 cm³/mol. The number of nitrogens with zero attached hydrogens (tertiary/aromatic N) is 1. The standard InChI is InChI=1S/C31H39N3O5/c1-5-6-7-10-19-34(27(36)21-32-30(38)39-31(2,3)4)28(23-14-17-26(35)18-15-23)29(37)33-25-16-13-22-11-8-9-12-24(22)20-25/h8-9,11-18,20,28,35H,5-7,10,19,21H2,1-4H3,(H,32,38)(H,33,37). The number of hydrogen-bond donors (Lipinski definition) is 3. The van der Waals surface area contributed by atoms with Crippen molar-refractivity contribution in [3.05, 3.63) is 72.3 Å². The van der Waals surface area contributed by atoms with Crippen LogP contribution in [0, 0.1) is 0 Å². The number of hydrogen-bond acceptors (Lipinski definition) is 5. The van der Waals surface area contributed by atoms with Crippen LogP contribution in [-0.4, -0.2) is 46.6 Å². The van der Waals surface area contributed by atoms with Gasteiger partial charge >= 0.3 is 6.09 Å². The number of carbonyl (C=O) groups excluding carboxylic acids is 3. The lowest BCUT2D eigenvalue weighted by atomic mass is 10.0. The number of amides is 3. The Morgan fingerprint density at radius 2 is 1.62 bits per heavy atom. The van der Waals surface area contributed by atoms with Gasteiger partial charge in [-0.2, -0.15) is 0 Å². The second-order valence-electron chi connectivity index (χ2n) is 10.5. The molecule has 39 heavy (non-hydrogen) atoms. The summed E-state index contributed by atoms with van der Waals surface area (Å²) < 4.78 is 5.27. The first kappa shape index (κ1) is 29.5. The van der Waals surface area contributed by atoms with E-state index in [4.69, 9.17) is 4.74 Å². The smallest absolute Gasteiger partial charge is 0.408 e. The highest BCUT2D eigenvalue weighted by Gasteiger charge is 2.32. The second kappa shape index (κ2) is 13.6. The number of nitrogens with one attached hydrogen (secondary N) is 2. The zero-order chi connectivity index (χ0) is 28.4. The van der Waals surface area contributed by atoms with Gasteiger partial charge in [-0.05, 0) is 67.8 Å². The number of aromatic hydroxyl groups is 1. The van der Waals surface area contributed by atoms with Gasteiger partial charge in [0.1, 0.15) is 23.9 Å². The van der Waals surface area contributed by atoms with Gasteiger partial charge in [0.25, 0.3) is 5.91 Å². The van der Waals surface area contributed by atoms with E-state index in [0.717, 1.165) is 30.0 Å². The number of phenols is 1. The molecule has 0 aliphatic rings. The summed E-state index contributed by atoms with van der Waals surface area (Å²) in [4.78, 5) is 41.1. The minimum Gasteiger partial charge on any atom is -0.508 e. The molecule has 0 bridgehead atoms. The zero-order valence-corrected chi connectivity index (χ0v) is 23.2. The van der Waals surface area contributed by atoms with Crippen molar-refractivity contribution in [2.24, 2.45) is 0 Å².